The third kappa shape index (κ3) is 3.46. The van der Waals surface area contributed by atoms with Crippen LogP contribution in [-0.2, 0) is 9.53 Å². The number of methoxy groups -OCH3 is 1. The maximum Gasteiger partial charge on any atom is 0.250 e. The van der Waals surface area contributed by atoms with Crippen molar-refractivity contribution in [3.8, 4) is 0 Å². The molecule has 3 N–H and O–H groups in total. The average molecular weight is 228 g/mol. The predicted molar refractivity (Wildman–Crippen MR) is 64.0 cm³/mol. The predicted octanol–water partition coefficient (Wildman–Crippen LogP) is 1.05. The molecule has 1 amide bonds. The van der Waals surface area contributed by atoms with Crippen molar-refractivity contribution in [3.05, 3.63) is 0 Å². The monoisotopic (exact) mass is 228 g/mol. The van der Waals surface area contributed by atoms with E-state index in [2.05, 4.69) is 12.2 Å². The van der Waals surface area contributed by atoms with E-state index >= 15 is 0 Å². The molecule has 4 nitrogen and oxygen atoms in total. The Labute approximate surface area is 97.9 Å². The minimum absolute atomic E-state index is 0.0599. The highest BCUT2D eigenvalue weighted by Crippen LogP contribution is 2.26. The van der Waals surface area contributed by atoms with E-state index in [-0.39, 0.29) is 12.5 Å². The molecule has 0 aromatic rings. The molecule has 3 unspecified atom stereocenters. The number of nitrogens with two attached hydrogens (primary N) is 1. The fraction of sp³-hybridized carbons (Fsp3) is 0.917. The van der Waals surface area contributed by atoms with Crippen LogP contribution in [0, 0.1) is 5.92 Å². The molecule has 1 aliphatic carbocycles. The quantitative estimate of drug-likeness (QED) is 0.739. The third-order valence-corrected chi connectivity index (χ3v) is 3.55. The lowest BCUT2D eigenvalue weighted by molar-refractivity contribution is -0.131. The van der Waals surface area contributed by atoms with E-state index in [4.69, 9.17) is 10.5 Å². The van der Waals surface area contributed by atoms with Gasteiger partial charge in [-0.1, -0.05) is 26.2 Å². The third-order valence-electron chi connectivity index (χ3n) is 3.55. The molecule has 4 heteroatoms. The first kappa shape index (κ1) is 13.5. The lowest BCUT2D eigenvalue weighted by Crippen LogP contribution is -2.48. The zero-order valence-electron chi connectivity index (χ0n) is 10.4. The van der Waals surface area contributed by atoms with Crippen LogP contribution in [0.5, 0.6) is 0 Å². The van der Waals surface area contributed by atoms with Gasteiger partial charge in [0.05, 0.1) is 0 Å². The van der Waals surface area contributed by atoms with Crippen molar-refractivity contribution in [1.82, 2.24) is 5.32 Å². The first-order valence-corrected chi connectivity index (χ1v) is 6.26. The number of carbonyl (C=O) groups excluding carboxylic acids is 1. The molecule has 0 aromatic heterocycles. The largest absolute Gasteiger partial charge is 0.370 e. The number of nitrogens with one attached hydrogen (secondary N) is 1. The summed E-state index contributed by atoms with van der Waals surface area (Å²) in [6.45, 7) is 2.43. The smallest absolute Gasteiger partial charge is 0.250 e. The minimum Gasteiger partial charge on any atom is -0.370 e. The molecular formula is C12H24N2O2. The lowest BCUT2D eigenvalue weighted by atomic mass is 9.83. The highest BCUT2D eigenvalue weighted by Gasteiger charge is 2.27. The summed E-state index contributed by atoms with van der Waals surface area (Å²) < 4.78 is 5.03. The highest BCUT2D eigenvalue weighted by atomic mass is 16.5. The highest BCUT2D eigenvalue weighted by molar-refractivity contribution is 5.81. The van der Waals surface area contributed by atoms with Crippen LogP contribution in [0.4, 0.5) is 0 Å². The Hall–Kier alpha value is -0.610. The van der Waals surface area contributed by atoms with E-state index < -0.39 is 6.10 Å². The molecule has 3 atom stereocenters. The number of ether oxygens (including phenoxy) is 1. The van der Waals surface area contributed by atoms with Gasteiger partial charge < -0.3 is 15.8 Å². The number of amides is 1. The summed E-state index contributed by atoms with van der Waals surface area (Å²) in [6.07, 6.45) is 5.44. The molecule has 1 fully saturated rings. The molecule has 1 saturated carbocycles. The number of carbonyl (C=O) groups is 1. The van der Waals surface area contributed by atoms with Crippen LogP contribution < -0.4 is 11.1 Å². The second-order valence-corrected chi connectivity index (χ2v) is 4.53. The normalized spacial score (nSPS) is 27.4. The molecule has 0 saturated heterocycles. The Morgan fingerprint density at radius 2 is 2.19 bits per heavy atom. The number of hydrogen-bond donors (Lipinski definition) is 2. The van der Waals surface area contributed by atoms with E-state index in [1.54, 1.807) is 0 Å². The molecule has 0 heterocycles. The molecule has 0 aliphatic heterocycles. The van der Waals surface area contributed by atoms with E-state index in [1.807, 2.05) is 0 Å². The second kappa shape index (κ2) is 6.86. The molecule has 1 aliphatic rings. The average Bonchev–Trinajstić information content (AvgIpc) is 2.31. The van der Waals surface area contributed by atoms with E-state index in [9.17, 15) is 4.79 Å². The van der Waals surface area contributed by atoms with Gasteiger partial charge in [-0.15, -0.1) is 0 Å². The SMILES string of the molecule is CCC1CCCCC1NC(=O)C(CN)OC. The van der Waals surface area contributed by atoms with Crippen LogP contribution in [0.25, 0.3) is 0 Å². The van der Waals surface area contributed by atoms with Crippen LogP contribution in [0.1, 0.15) is 39.0 Å². The van der Waals surface area contributed by atoms with Gasteiger partial charge in [-0.3, -0.25) is 4.79 Å². The van der Waals surface area contributed by atoms with E-state index in [0.29, 0.717) is 12.0 Å². The molecular weight excluding hydrogens is 204 g/mol. The van der Waals surface area contributed by atoms with Gasteiger partial charge in [-0.25, -0.2) is 0 Å². The van der Waals surface area contributed by atoms with Gasteiger partial charge in [0.25, 0.3) is 5.91 Å². The van der Waals surface area contributed by atoms with Crippen molar-refractivity contribution in [3.63, 3.8) is 0 Å². The first-order chi connectivity index (χ1) is 7.72. The molecule has 0 radical (unpaired) electrons. The summed E-state index contributed by atoms with van der Waals surface area (Å²) in [5, 5.41) is 3.08. The molecule has 0 spiro atoms. The van der Waals surface area contributed by atoms with Gasteiger partial charge in [-0.2, -0.15) is 0 Å². The minimum atomic E-state index is -0.501. The maximum atomic E-state index is 11.8. The van der Waals surface area contributed by atoms with Crippen molar-refractivity contribution in [1.29, 1.82) is 0 Å². The number of rotatable bonds is 5. The van der Waals surface area contributed by atoms with Crippen LogP contribution in [0.3, 0.4) is 0 Å². The van der Waals surface area contributed by atoms with Crippen LogP contribution in [0.15, 0.2) is 0 Å². The lowest BCUT2D eigenvalue weighted by Gasteiger charge is -2.32. The Bertz CT molecular complexity index is 217. The summed E-state index contributed by atoms with van der Waals surface area (Å²) in [5.41, 5.74) is 5.47. The van der Waals surface area contributed by atoms with Gasteiger partial charge in [0, 0.05) is 19.7 Å². The van der Waals surface area contributed by atoms with Crippen molar-refractivity contribution in [2.75, 3.05) is 13.7 Å². The van der Waals surface area contributed by atoms with Crippen LogP contribution in [0.2, 0.25) is 0 Å². The van der Waals surface area contributed by atoms with E-state index in [1.165, 1.54) is 26.4 Å². The molecule has 16 heavy (non-hydrogen) atoms. The van der Waals surface area contributed by atoms with Crippen molar-refractivity contribution in [2.45, 2.75) is 51.2 Å². The van der Waals surface area contributed by atoms with Gasteiger partial charge >= 0.3 is 0 Å². The second-order valence-electron chi connectivity index (χ2n) is 4.53. The van der Waals surface area contributed by atoms with Gasteiger partial charge in [0.2, 0.25) is 0 Å². The molecule has 1 rings (SSSR count). The Morgan fingerprint density at radius 3 is 2.75 bits per heavy atom. The molecule has 94 valence electrons. The van der Waals surface area contributed by atoms with Crippen molar-refractivity contribution in [2.24, 2.45) is 11.7 Å². The summed E-state index contributed by atoms with van der Waals surface area (Å²) in [7, 11) is 1.52. The van der Waals surface area contributed by atoms with Crippen LogP contribution >= 0.6 is 0 Å². The zero-order chi connectivity index (χ0) is 12.0. The maximum absolute atomic E-state index is 11.8. The molecule has 0 bridgehead atoms. The van der Waals surface area contributed by atoms with Gasteiger partial charge in [0.1, 0.15) is 6.10 Å². The van der Waals surface area contributed by atoms with Crippen LogP contribution in [-0.4, -0.2) is 31.7 Å². The molecule has 0 aromatic carbocycles. The first-order valence-electron chi connectivity index (χ1n) is 6.26. The summed E-state index contributed by atoms with van der Waals surface area (Å²) in [5.74, 6) is 0.559. The van der Waals surface area contributed by atoms with E-state index in [0.717, 1.165) is 12.8 Å². The van der Waals surface area contributed by atoms with Crippen molar-refractivity contribution < 1.29 is 9.53 Å². The Balaban J connectivity index is 2.47. The van der Waals surface area contributed by atoms with Crippen molar-refractivity contribution >= 4 is 5.91 Å². The summed E-state index contributed by atoms with van der Waals surface area (Å²) in [6, 6.07) is 0.315. The Kier molecular flexibility index (Phi) is 5.77. The Morgan fingerprint density at radius 1 is 1.50 bits per heavy atom. The zero-order valence-corrected chi connectivity index (χ0v) is 10.4. The fourth-order valence-corrected chi connectivity index (χ4v) is 2.47. The summed E-state index contributed by atoms with van der Waals surface area (Å²) in [4.78, 5) is 11.8. The summed E-state index contributed by atoms with van der Waals surface area (Å²) >= 11 is 0. The topological polar surface area (TPSA) is 64.4 Å². The standard InChI is InChI=1S/C12H24N2O2/c1-3-9-6-4-5-7-10(9)14-12(15)11(8-13)16-2/h9-11H,3-8,13H2,1-2H3,(H,14,15). The number of hydrogen-bond acceptors (Lipinski definition) is 3. The van der Waals surface area contributed by atoms with Gasteiger partial charge in [-0.05, 0) is 18.8 Å². The van der Waals surface area contributed by atoms with Gasteiger partial charge in [0.15, 0.2) is 0 Å². The fourth-order valence-electron chi connectivity index (χ4n) is 2.47.